The third-order valence-electron chi connectivity index (χ3n) is 15.8. The van der Waals surface area contributed by atoms with Crippen LogP contribution in [-0.2, 0) is 52.1 Å². The SMILES string of the molecule is C=CCCCCC(=O)Cl.C=CCCCCC(=O)N(C)c1cc(C)c(CCS(=O)(=O)N2CCC3(CC2)N=C(CCCCC=C)NC3=O)c(C)c1.C=CCCCCC1=NC2(CCN(S(=O)(=O)CCc3c(C)cc(NC)cc3C)CC2)C(=O)N1. The maximum absolute atomic E-state index is 13.3. The van der Waals surface area contributed by atoms with Crippen LogP contribution in [0.15, 0.2) is 84.9 Å². The highest BCUT2D eigenvalue weighted by molar-refractivity contribution is 7.89. The van der Waals surface area contributed by atoms with Crippen molar-refractivity contribution in [2.24, 2.45) is 9.98 Å². The summed E-state index contributed by atoms with van der Waals surface area (Å²) in [6.07, 6.45) is 23.9. The normalized spacial score (nSPS) is 16.7. The molecule has 0 aromatic heterocycles. The van der Waals surface area contributed by atoms with Crippen molar-refractivity contribution in [3.8, 4) is 0 Å². The number of unbranched alkanes of at least 4 members (excludes halogenated alkanes) is 8. The third-order valence-corrected chi connectivity index (χ3v) is 19.7. The van der Waals surface area contributed by atoms with Crippen LogP contribution in [-0.4, -0.2) is 123 Å². The number of amides is 3. The molecule has 19 heteroatoms. The fourth-order valence-corrected chi connectivity index (χ4v) is 13.8. The minimum absolute atomic E-state index is 0.00309. The molecular weight excluding hydrogens is 1080 g/mol. The molecule has 2 aromatic carbocycles. The highest BCUT2D eigenvalue weighted by Crippen LogP contribution is 2.34. The number of aryl methyl sites for hydroxylation is 4. The van der Waals surface area contributed by atoms with Crippen molar-refractivity contribution < 1.29 is 36.0 Å². The van der Waals surface area contributed by atoms with Gasteiger partial charge >= 0.3 is 0 Å². The average Bonchev–Trinajstić information content (AvgIpc) is 3.90. The molecule has 0 unspecified atom stereocenters. The molecule has 16 nitrogen and oxygen atoms in total. The second-order valence-electron chi connectivity index (χ2n) is 21.9. The molecule has 4 aliphatic heterocycles. The molecule has 448 valence electrons. The number of nitrogens with one attached hydrogen (secondary N) is 3. The van der Waals surface area contributed by atoms with Crippen molar-refractivity contribution in [3.63, 3.8) is 0 Å². The summed E-state index contributed by atoms with van der Waals surface area (Å²) >= 11 is 5.09. The van der Waals surface area contributed by atoms with Gasteiger partial charge in [-0.15, -0.1) is 26.3 Å². The van der Waals surface area contributed by atoms with Crippen LogP contribution in [0, 0.1) is 27.7 Å². The predicted octanol–water partition coefficient (Wildman–Crippen LogP) is 10.8. The Morgan fingerprint density at radius 1 is 0.605 bits per heavy atom. The molecule has 0 aliphatic carbocycles. The maximum Gasteiger partial charge on any atom is 0.253 e. The lowest BCUT2D eigenvalue weighted by atomic mass is 9.89. The number of allylic oxidation sites excluding steroid dienone is 4. The first-order valence-electron chi connectivity index (χ1n) is 29.0. The number of amidine groups is 2. The van der Waals surface area contributed by atoms with Crippen LogP contribution in [0.2, 0.25) is 0 Å². The molecule has 2 aromatic rings. The summed E-state index contributed by atoms with van der Waals surface area (Å²) in [6, 6.07) is 8.02. The van der Waals surface area contributed by atoms with Crippen molar-refractivity contribution >= 4 is 77.7 Å². The second-order valence-corrected chi connectivity index (χ2v) is 26.5. The highest BCUT2D eigenvalue weighted by atomic mass is 35.5. The van der Waals surface area contributed by atoms with Gasteiger partial charge in [-0.2, -0.15) is 0 Å². The number of carbonyl (C=O) groups is 4. The molecule has 0 radical (unpaired) electrons. The van der Waals surface area contributed by atoms with E-state index in [1.165, 1.54) is 8.61 Å². The number of hydrogen-bond donors (Lipinski definition) is 3. The van der Waals surface area contributed by atoms with Crippen LogP contribution >= 0.6 is 11.6 Å². The van der Waals surface area contributed by atoms with Gasteiger partial charge in [-0.25, -0.2) is 25.4 Å². The van der Waals surface area contributed by atoms with Crippen LogP contribution in [0.4, 0.5) is 11.4 Å². The molecule has 2 spiro atoms. The Labute approximate surface area is 490 Å². The molecule has 6 rings (SSSR count). The van der Waals surface area contributed by atoms with Gasteiger partial charge in [-0.1, -0.05) is 24.3 Å². The fraction of sp³-hybridized carbons (Fsp3) is 0.581. The first-order chi connectivity index (χ1) is 38.5. The van der Waals surface area contributed by atoms with Gasteiger partial charge in [0.15, 0.2) is 0 Å². The Morgan fingerprint density at radius 2 is 0.963 bits per heavy atom. The second kappa shape index (κ2) is 33.1. The van der Waals surface area contributed by atoms with E-state index in [0.29, 0.717) is 77.5 Å². The quantitative estimate of drug-likeness (QED) is 0.0386. The Hall–Kier alpha value is -5.27. The molecule has 0 saturated carbocycles. The number of nitrogens with zero attached hydrogens (tertiary/aromatic N) is 5. The molecule has 4 aliphatic rings. The predicted molar refractivity (Wildman–Crippen MR) is 334 cm³/mol. The fourth-order valence-electron chi connectivity index (χ4n) is 10.8. The average molecular weight is 1180 g/mol. The van der Waals surface area contributed by atoms with Gasteiger partial charge in [0.05, 0.1) is 11.5 Å². The molecule has 3 N–H and O–H groups in total. The summed E-state index contributed by atoms with van der Waals surface area (Å²) in [7, 11) is -3.23. The number of benzene rings is 2. The van der Waals surface area contributed by atoms with E-state index < -0.39 is 31.1 Å². The summed E-state index contributed by atoms with van der Waals surface area (Å²) in [5, 5.41) is 8.75. The van der Waals surface area contributed by atoms with Crippen molar-refractivity contribution in [1.82, 2.24) is 19.2 Å². The molecule has 2 saturated heterocycles. The van der Waals surface area contributed by atoms with E-state index in [4.69, 9.17) is 21.6 Å². The zero-order valence-electron chi connectivity index (χ0n) is 49.4. The van der Waals surface area contributed by atoms with Crippen LogP contribution in [0.5, 0.6) is 0 Å². The number of halogens is 1. The van der Waals surface area contributed by atoms with Crippen molar-refractivity contribution in [3.05, 3.63) is 108 Å². The number of piperidine rings is 2. The summed E-state index contributed by atoms with van der Waals surface area (Å²) in [5.74, 6) is 1.43. The monoisotopic (exact) mass is 1180 g/mol. The number of sulfonamides is 2. The van der Waals surface area contributed by atoms with Crippen LogP contribution < -0.4 is 20.9 Å². The van der Waals surface area contributed by atoms with Crippen LogP contribution in [0.25, 0.3) is 0 Å². The molecule has 3 amide bonds. The Balaban J connectivity index is 0.000000307. The van der Waals surface area contributed by atoms with Gasteiger partial charge < -0.3 is 20.9 Å². The third kappa shape index (κ3) is 20.5. The Morgan fingerprint density at radius 3 is 1.32 bits per heavy atom. The van der Waals surface area contributed by atoms with Gasteiger partial charge in [0.25, 0.3) is 11.8 Å². The van der Waals surface area contributed by atoms with Crippen LogP contribution in [0.1, 0.15) is 162 Å². The summed E-state index contributed by atoms with van der Waals surface area (Å²) < 4.78 is 55.6. The molecule has 0 atom stereocenters. The minimum Gasteiger partial charge on any atom is -0.388 e. The zero-order chi connectivity index (χ0) is 59.8. The standard InChI is InChI=1S/C31H46N4O4S.C24H36N4O3S.C7H11ClO/c1-6-8-10-12-14-28-32-30(37)31(33-28)17-19-35(20-18-31)40(38,39)21-16-27-24(3)22-26(23-25(27)4)34(5)29(36)15-13-11-9-7-2;1-5-6-7-8-9-22-26-23(29)24(27-22)11-13-28(14-12-24)32(30,31)15-10-21-18(2)16-20(25-4)17-19(21)3;1-2-3-4-5-6-7(8)9/h6-7,22-23H,1-2,8-21H2,3-5H3,(H,32,33,37);5,16-17,25H,1,6-15H2,2-4H3,(H,26,27,29);2H,1,3-6H2. The van der Waals surface area contributed by atoms with E-state index >= 15 is 0 Å². The smallest absolute Gasteiger partial charge is 0.253 e. The number of carbonyl (C=O) groups excluding carboxylic acids is 4. The van der Waals surface area contributed by atoms with E-state index in [0.717, 1.165) is 146 Å². The number of hydrogen-bond acceptors (Lipinski definition) is 11. The van der Waals surface area contributed by atoms with Gasteiger partial charge in [-0.3, -0.25) is 29.2 Å². The van der Waals surface area contributed by atoms with Gasteiger partial charge in [0.2, 0.25) is 31.2 Å². The Bertz CT molecular complexity index is 2770. The summed E-state index contributed by atoms with van der Waals surface area (Å²) in [5.41, 5.74) is 6.46. The molecular formula is C62H93ClN8O8S2. The molecule has 4 heterocycles. The van der Waals surface area contributed by atoms with Crippen LogP contribution in [0.3, 0.4) is 0 Å². The van der Waals surface area contributed by atoms with Crippen molar-refractivity contribution in [2.75, 3.05) is 62.0 Å². The zero-order valence-corrected chi connectivity index (χ0v) is 51.8. The molecule has 81 heavy (non-hydrogen) atoms. The first kappa shape index (κ1) is 68.2. The number of aliphatic imine (C=N–C) groups is 2. The lowest BCUT2D eigenvalue weighted by molar-refractivity contribution is -0.125. The summed E-state index contributed by atoms with van der Waals surface area (Å²) in [6.45, 7) is 24.0. The summed E-state index contributed by atoms with van der Waals surface area (Å²) in [4.78, 5) is 59.3. The lowest BCUT2D eigenvalue weighted by Gasteiger charge is -2.34. The number of anilines is 2. The highest BCUT2D eigenvalue weighted by Gasteiger charge is 2.48. The molecule has 2 fully saturated rings. The maximum atomic E-state index is 13.3. The van der Waals surface area contributed by atoms with Crippen molar-refractivity contribution in [2.45, 2.75) is 180 Å². The van der Waals surface area contributed by atoms with Crippen molar-refractivity contribution in [1.29, 1.82) is 0 Å². The van der Waals surface area contributed by atoms with Gasteiger partial charge in [-0.05, 0) is 213 Å². The van der Waals surface area contributed by atoms with E-state index in [1.54, 1.807) is 11.9 Å². The van der Waals surface area contributed by atoms with Gasteiger partial charge in [0.1, 0.15) is 22.7 Å². The topological polar surface area (TPSA) is 207 Å². The Kier molecular flexibility index (Phi) is 27.9. The minimum atomic E-state index is -3.50. The van der Waals surface area contributed by atoms with Gasteiger partial charge in [0, 0.05) is 77.3 Å². The van der Waals surface area contributed by atoms with E-state index in [2.05, 4.69) is 42.3 Å². The largest absolute Gasteiger partial charge is 0.388 e. The first-order valence-corrected chi connectivity index (χ1v) is 32.6. The van der Waals surface area contributed by atoms with E-state index in [-0.39, 0.29) is 34.5 Å². The number of rotatable bonds is 30. The van der Waals surface area contributed by atoms with E-state index in [9.17, 15) is 36.0 Å². The lowest BCUT2D eigenvalue weighted by Crippen LogP contribution is -2.50. The van der Waals surface area contributed by atoms with E-state index in [1.807, 2.05) is 83.3 Å². The molecule has 0 bridgehead atoms.